The summed E-state index contributed by atoms with van der Waals surface area (Å²) in [5.74, 6) is 1.25. The Balaban J connectivity index is 1.39. The molecule has 0 unspecified atom stereocenters. The van der Waals surface area contributed by atoms with Gasteiger partial charge in [-0.05, 0) is 42.8 Å². The molecule has 0 spiro atoms. The zero-order chi connectivity index (χ0) is 21.8. The van der Waals surface area contributed by atoms with Crippen molar-refractivity contribution >= 4 is 34.9 Å². The second-order valence-electron chi connectivity index (χ2n) is 6.86. The Morgan fingerprint density at radius 2 is 1.81 bits per heavy atom. The number of ether oxygens (including phenoxy) is 1. The van der Waals surface area contributed by atoms with Crippen molar-refractivity contribution in [1.82, 2.24) is 9.78 Å². The van der Waals surface area contributed by atoms with E-state index in [1.54, 1.807) is 35.0 Å². The van der Waals surface area contributed by atoms with Gasteiger partial charge < -0.3 is 14.5 Å². The molecule has 1 N–H and O–H groups in total. The van der Waals surface area contributed by atoms with E-state index >= 15 is 0 Å². The Bertz CT molecular complexity index is 1220. The Morgan fingerprint density at radius 1 is 1.06 bits per heavy atom. The van der Waals surface area contributed by atoms with E-state index in [0.717, 1.165) is 11.3 Å². The smallest absolute Gasteiger partial charge is 0.292 e. The molecule has 0 aliphatic carbocycles. The van der Waals surface area contributed by atoms with Gasteiger partial charge in [0.05, 0.1) is 11.6 Å². The van der Waals surface area contributed by atoms with E-state index in [4.69, 9.17) is 32.4 Å². The lowest BCUT2D eigenvalue weighted by atomic mass is 10.2. The molecule has 158 valence electrons. The molecule has 4 rings (SSSR count). The van der Waals surface area contributed by atoms with Gasteiger partial charge >= 0.3 is 0 Å². The van der Waals surface area contributed by atoms with Crippen LogP contribution in [-0.2, 0) is 13.2 Å². The summed E-state index contributed by atoms with van der Waals surface area (Å²) >= 11 is 12.3. The number of benzene rings is 2. The fraction of sp³-hybridized carbons (Fsp3) is 0.130. The maximum Gasteiger partial charge on any atom is 0.292 e. The molecule has 0 atom stereocenters. The van der Waals surface area contributed by atoms with E-state index in [0.29, 0.717) is 33.9 Å². The van der Waals surface area contributed by atoms with Gasteiger partial charge in [-0.25, -0.2) is 0 Å². The molecule has 31 heavy (non-hydrogen) atoms. The van der Waals surface area contributed by atoms with Crippen LogP contribution >= 0.6 is 23.2 Å². The molecule has 0 aliphatic rings. The number of furan rings is 1. The third-order valence-corrected chi connectivity index (χ3v) is 5.27. The first-order valence-corrected chi connectivity index (χ1v) is 10.3. The zero-order valence-corrected chi connectivity index (χ0v) is 18.2. The van der Waals surface area contributed by atoms with Crippen LogP contribution in [-0.4, -0.2) is 15.7 Å². The SMILES string of the molecule is Cc1cc(NC(=O)c2ccc(COc3ccccc3Cl)o2)nn1Cc1ccccc1Cl. The number of amides is 1. The number of anilines is 1. The maximum atomic E-state index is 12.6. The topological polar surface area (TPSA) is 69.3 Å². The number of nitrogens with zero attached hydrogens (tertiary/aromatic N) is 2. The van der Waals surface area contributed by atoms with Gasteiger partial charge in [0, 0.05) is 16.8 Å². The number of rotatable bonds is 7. The maximum absolute atomic E-state index is 12.6. The van der Waals surface area contributed by atoms with Crippen LogP contribution in [0.1, 0.15) is 27.6 Å². The van der Waals surface area contributed by atoms with E-state index in [1.165, 1.54) is 0 Å². The van der Waals surface area contributed by atoms with Gasteiger partial charge in [-0.2, -0.15) is 5.10 Å². The Morgan fingerprint density at radius 3 is 2.58 bits per heavy atom. The van der Waals surface area contributed by atoms with Crippen molar-refractivity contribution in [3.63, 3.8) is 0 Å². The number of halogens is 2. The fourth-order valence-corrected chi connectivity index (χ4v) is 3.37. The summed E-state index contributed by atoms with van der Waals surface area (Å²) in [4.78, 5) is 12.6. The second-order valence-corrected chi connectivity index (χ2v) is 7.67. The van der Waals surface area contributed by atoms with Crippen LogP contribution < -0.4 is 10.1 Å². The standard InChI is InChI=1S/C23H19Cl2N3O3/c1-15-12-22(27-28(15)13-16-6-2-3-7-18(16)24)26-23(29)21-11-10-17(31-21)14-30-20-9-5-4-8-19(20)25/h2-12H,13-14H2,1H3,(H,26,27,29). The van der Waals surface area contributed by atoms with E-state index in [2.05, 4.69) is 10.4 Å². The number of hydrogen-bond donors (Lipinski definition) is 1. The van der Waals surface area contributed by atoms with Gasteiger partial charge in [-0.15, -0.1) is 0 Å². The zero-order valence-electron chi connectivity index (χ0n) is 16.6. The molecule has 0 bridgehead atoms. The quantitative estimate of drug-likeness (QED) is 0.372. The van der Waals surface area contributed by atoms with E-state index in [9.17, 15) is 4.79 Å². The molecule has 6 nitrogen and oxygen atoms in total. The number of hydrogen-bond acceptors (Lipinski definition) is 4. The number of aromatic nitrogens is 2. The molecular formula is C23H19Cl2N3O3. The van der Waals surface area contributed by atoms with Gasteiger partial charge in [0.25, 0.3) is 5.91 Å². The number of carbonyl (C=O) groups is 1. The van der Waals surface area contributed by atoms with Crippen LogP contribution in [0.3, 0.4) is 0 Å². The molecule has 0 radical (unpaired) electrons. The van der Waals surface area contributed by atoms with Gasteiger partial charge in [0.2, 0.25) is 0 Å². The van der Waals surface area contributed by atoms with E-state index in [1.807, 2.05) is 43.3 Å². The average Bonchev–Trinajstić information content (AvgIpc) is 3.36. The van der Waals surface area contributed by atoms with Gasteiger partial charge in [-0.1, -0.05) is 53.5 Å². The number of para-hydroxylation sites is 1. The highest BCUT2D eigenvalue weighted by atomic mass is 35.5. The largest absolute Gasteiger partial charge is 0.484 e. The van der Waals surface area contributed by atoms with Gasteiger partial charge in [-0.3, -0.25) is 9.48 Å². The van der Waals surface area contributed by atoms with Crippen LogP contribution in [0.4, 0.5) is 5.82 Å². The average molecular weight is 456 g/mol. The monoisotopic (exact) mass is 455 g/mol. The minimum Gasteiger partial charge on any atom is -0.484 e. The van der Waals surface area contributed by atoms with Crippen LogP contribution in [0.15, 0.2) is 71.1 Å². The predicted octanol–water partition coefficient (Wildman–Crippen LogP) is 5.97. The molecule has 2 heterocycles. The highest BCUT2D eigenvalue weighted by Gasteiger charge is 2.15. The van der Waals surface area contributed by atoms with Crippen molar-refractivity contribution in [2.75, 3.05) is 5.32 Å². The molecule has 0 saturated heterocycles. The van der Waals surface area contributed by atoms with Crippen LogP contribution in [0, 0.1) is 6.92 Å². The first-order chi connectivity index (χ1) is 15.0. The lowest BCUT2D eigenvalue weighted by molar-refractivity contribution is 0.0992. The first-order valence-electron chi connectivity index (χ1n) is 9.55. The number of nitrogens with one attached hydrogen (secondary N) is 1. The van der Waals surface area contributed by atoms with Crippen LogP contribution in [0.2, 0.25) is 10.0 Å². The molecule has 4 aromatic rings. The predicted molar refractivity (Wildman–Crippen MR) is 120 cm³/mol. The Kier molecular flexibility index (Phi) is 6.30. The summed E-state index contributed by atoms with van der Waals surface area (Å²) in [5, 5.41) is 8.39. The lowest BCUT2D eigenvalue weighted by Crippen LogP contribution is -2.12. The number of aryl methyl sites for hydroxylation is 1. The molecule has 1 amide bonds. The summed E-state index contributed by atoms with van der Waals surface area (Å²) in [6.45, 7) is 2.57. The Labute approximate surface area is 189 Å². The molecule has 2 aromatic heterocycles. The van der Waals surface area contributed by atoms with Crippen LogP contribution in [0.5, 0.6) is 5.75 Å². The summed E-state index contributed by atoms with van der Waals surface area (Å²) in [7, 11) is 0. The molecule has 0 saturated carbocycles. The van der Waals surface area contributed by atoms with Gasteiger partial charge in [0.1, 0.15) is 18.1 Å². The molecule has 2 aromatic carbocycles. The first kappa shape index (κ1) is 21.0. The highest BCUT2D eigenvalue weighted by molar-refractivity contribution is 6.32. The van der Waals surface area contributed by atoms with E-state index in [-0.39, 0.29) is 12.4 Å². The summed E-state index contributed by atoms with van der Waals surface area (Å²) < 4.78 is 13.0. The molecular weight excluding hydrogens is 437 g/mol. The van der Waals surface area contributed by atoms with Crippen molar-refractivity contribution in [1.29, 1.82) is 0 Å². The van der Waals surface area contributed by atoms with Crippen molar-refractivity contribution in [2.45, 2.75) is 20.1 Å². The van der Waals surface area contributed by atoms with Crippen molar-refractivity contribution < 1.29 is 13.9 Å². The number of carbonyl (C=O) groups excluding carboxylic acids is 1. The summed E-state index contributed by atoms with van der Waals surface area (Å²) in [5.41, 5.74) is 1.84. The van der Waals surface area contributed by atoms with Crippen molar-refractivity contribution in [3.8, 4) is 5.75 Å². The van der Waals surface area contributed by atoms with Gasteiger partial charge in [0.15, 0.2) is 11.6 Å². The second kappa shape index (κ2) is 9.29. The van der Waals surface area contributed by atoms with Crippen LogP contribution in [0.25, 0.3) is 0 Å². The minimum atomic E-state index is -0.397. The normalized spacial score (nSPS) is 10.8. The van der Waals surface area contributed by atoms with E-state index < -0.39 is 5.91 Å². The Hall–Kier alpha value is -3.22. The highest BCUT2D eigenvalue weighted by Crippen LogP contribution is 2.24. The fourth-order valence-electron chi connectivity index (χ4n) is 2.99. The molecule has 8 heteroatoms. The summed E-state index contributed by atoms with van der Waals surface area (Å²) in [6.07, 6.45) is 0. The molecule has 0 aliphatic heterocycles. The summed E-state index contributed by atoms with van der Waals surface area (Å²) in [6, 6.07) is 19.8. The van der Waals surface area contributed by atoms with Crippen molar-refractivity contribution in [3.05, 3.63) is 99.6 Å². The van der Waals surface area contributed by atoms with Crippen molar-refractivity contribution in [2.24, 2.45) is 0 Å². The molecule has 0 fully saturated rings. The third-order valence-electron chi connectivity index (χ3n) is 4.59. The third kappa shape index (κ3) is 5.10. The minimum absolute atomic E-state index is 0.155. The lowest BCUT2D eigenvalue weighted by Gasteiger charge is -2.06.